The largest absolute Gasteiger partial charge is 0.352 e. The van der Waals surface area contributed by atoms with E-state index < -0.39 is 0 Å². The van der Waals surface area contributed by atoms with Gasteiger partial charge in [-0.15, -0.1) is 0 Å². The predicted octanol–water partition coefficient (Wildman–Crippen LogP) is 1.09. The third kappa shape index (κ3) is 4.82. The van der Waals surface area contributed by atoms with Crippen LogP contribution in [-0.2, 0) is 9.59 Å². The van der Waals surface area contributed by atoms with Crippen molar-refractivity contribution < 1.29 is 14.4 Å². The maximum atomic E-state index is 12.6. The first kappa shape index (κ1) is 19.9. The number of anilines is 1. The smallest absolute Gasteiger partial charge is 0.251 e. The van der Waals surface area contributed by atoms with Crippen molar-refractivity contribution in [1.82, 2.24) is 15.1 Å². The topological polar surface area (TPSA) is 81.8 Å². The minimum Gasteiger partial charge on any atom is -0.352 e. The molecule has 0 spiro atoms. The number of amides is 3. The third-order valence-corrected chi connectivity index (χ3v) is 4.58. The number of hydrogen-bond donors (Lipinski definition) is 2. The summed E-state index contributed by atoms with van der Waals surface area (Å²) in [5.74, 6) is -0.689. The maximum Gasteiger partial charge on any atom is 0.251 e. The summed E-state index contributed by atoms with van der Waals surface area (Å²) in [7, 11) is 3.91. The van der Waals surface area contributed by atoms with Gasteiger partial charge in [0.15, 0.2) is 0 Å². The van der Waals surface area contributed by atoms with Crippen molar-refractivity contribution in [2.45, 2.75) is 20.3 Å². The van der Waals surface area contributed by atoms with Gasteiger partial charge in [-0.25, -0.2) is 0 Å². The van der Waals surface area contributed by atoms with Crippen LogP contribution in [0.4, 0.5) is 5.69 Å². The Bertz CT molecular complexity index is 687. The molecule has 1 atom stereocenters. The summed E-state index contributed by atoms with van der Waals surface area (Å²) in [6, 6.07) is 5.25. The Morgan fingerprint density at radius 2 is 2.04 bits per heavy atom. The molecule has 3 amide bonds. The van der Waals surface area contributed by atoms with Gasteiger partial charge in [0.25, 0.3) is 5.91 Å². The highest BCUT2D eigenvalue weighted by molar-refractivity contribution is 6.01. The average Bonchev–Trinajstić information content (AvgIpc) is 2.96. The van der Waals surface area contributed by atoms with Crippen LogP contribution in [0, 0.1) is 12.8 Å². The molecule has 7 heteroatoms. The zero-order valence-electron chi connectivity index (χ0n) is 16.0. The van der Waals surface area contributed by atoms with E-state index in [9.17, 15) is 14.4 Å². The molecule has 1 unspecified atom stereocenters. The lowest BCUT2D eigenvalue weighted by atomic mass is 10.0. The molecule has 142 valence electrons. The van der Waals surface area contributed by atoms with E-state index >= 15 is 0 Å². The molecule has 1 aromatic carbocycles. The summed E-state index contributed by atoms with van der Waals surface area (Å²) in [6.07, 6.45) is 0.230. The van der Waals surface area contributed by atoms with E-state index in [2.05, 4.69) is 10.6 Å². The number of rotatable bonds is 7. The van der Waals surface area contributed by atoms with Crippen LogP contribution in [0.3, 0.4) is 0 Å². The minimum atomic E-state index is -0.364. The first-order chi connectivity index (χ1) is 12.3. The van der Waals surface area contributed by atoms with E-state index in [0.717, 1.165) is 12.1 Å². The van der Waals surface area contributed by atoms with Crippen molar-refractivity contribution in [1.29, 1.82) is 0 Å². The van der Waals surface area contributed by atoms with E-state index in [-0.39, 0.29) is 30.1 Å². The van der Waals surface area contributed by atoms with Crippen LogP contribution < -0.4 is 10.6 Å². The van der Waals surface area contributed by atoms with Crippen LogP contribution in [0.15, 0.2) is 18.2 Å². The number of likely N-dealkylation sites (N-methyl/N-ethyl adjacent to an activating group) is 1. The summed E-state index contributed by atoms with van der Waals surface area (Å²) in [5.41, 5.74) is 1.87. The number of benzene rings is 1. The third-order valence-electron chi connectivity index (χ3n) is 4.58. The highest BCUT2D eigenvalue weighted by Gasteiger charge is 2.34. The summed E-state index contributed by atoms with van der Waals surface area (Å²) in [6.45, 7) is 6.05. The van der Waals surface area contributed by atoms with Gasteiger partial charge in [0.05, 0.1) is 5.92 Å². The Morgan fingerprint density at radius 3 is 2.69 bits per heavy atom. The van der Waals surface area contributed by atoms with Gasteiger partial charge in [-0.05, 0) is 45.6 Å². The standard InChI is InChI=1S/C19H28N4O3/c1-5-20-19(26)15-7-6-8-16(13(15)2)21-18(25)14-11-17(24)23(12-14)10-9-22(3)4/h6-8,14H,5,9-12H2,1-4H3,(H,20,26)(H,21,25). The second-order valence-corrected chi connectivity index (χ2v) is 6.87. The van der Waals surface area contributed by atoms with Crippen LogP contribution in [0.2, 0.25) is 0 Å². The molecule has 26 heavy (non-hydrogen) atoms. The van der Waals surface area contributed by atoms with Gasteiger partial charge < -0.3 is 20.4 Å². The van der Waals surface area contributed by atoms with E-state index in [0.29, 0.717) is 30.9 Å². The molecule has 0 bridgehead atoms. The van der Waals surface area contributed by atoms with Crippen LogP contribution in [0.1, 0.15) is 29.3 Å². The van der Waals surface area contributed by atoms with Crippen molar-refractivity contribution in [3.05, 3.63) is 29.3 Å². The molecule has 1 aliphatic rings. The quantitative estimate of drug-likeness (QED) is 0.763. The van der Waals surface area contributed by atoms with Crippen LogP contribution in [0.5, 0.6) is 0 Å². The number of carbonyl (C=O) groups is 3. The van der Waals surface area contributed by atoms with Gasteiger partial charge in [0.1, 0.15) is 0 Å². The summed E-state index contributed by atoms with van der Waals surface area (Å²) < 4.78 is 0. The zero-order chi connectivity index (χ0) is 19.3. The van der Waals surface area contributed by atoms with Gasteiger partial charge in [0, 0.05) is 43.9 Å². The molecular weight excluding hydrogens is 332 g/mol. The molecular formula is C19H28N4O3. The molecule has 1 fully saturated rings. The maximum absolute atomic E-state index is 12.6. The lowest BCUT2D eigenvalue weighted by Crippen LogP contribution is -2.34. The molecule has 1 saturated heterocycles. The Kier molecular flexibility index (Phi) is 6.74. The Morgan fingerprint density at radius 1 is 1.31 bits per heavy atom. The summed E-state index contributed by atoms with van der Waals surface area (Å²) >= 11 is 0. The normalized spacial score (nSPS) is 16.9. The van der Waals surface area contributed by atoms with Crippen molar-refractivity contribution in [2.75, 3.05) is 45.6 Å². The van der Waals surface area contributed by atoms with Crippen molar-refractivity contribution in [3.63, 3.8) is 0 Å². The molecule has 0 aromatic heterocycles. The van der Waals surface area contributed by atoms with E-state index in [4.69, 9.17) is 0 Å². The van der Waals surface area contributed by atoms with Gasteiger partial charge in [0.2, 0.25) is 11.8 Å². The first-order valence-electron chi connectivity index (χ1n) is 8.94. The molecule has 0 radical (unpaired) electrons. The second kappa shape index (κ2) is 8.80. The van der Waals surface area contributed by atoms with Gasteiger partial charge in [-0.1, -0.05) is 6.07 Å². The lowest BCUT2D eigenvalue weighted by Gasteiger charge is -2.19. The highest BCUT2D eigenvalue weighted by atomic mass is 16.2. The number of nitrogens with one attached hydrogen (secondary N) is 2. The van der Waals surface area contributed by atoms with Crippen molar-refractivity contribution in [2.24, 2.45) is 5.92 Å². The van der Waals surface area contributed by atoms with E-state index in [1.165, 1.54) is 0 Å². The number of carbonyl (C=O) groups excluding carboxylic acids is 3. The predicted molar refractivity (Wildman–Crippen MR) is 101 cm³/mol. The number of hydrogen-bond acceptors (Lipinski definition) is 4. The zero-order valence-corrected chi connectivity index (χ0v) is 16.0. The molecule has 1 aromatic rings. The molecule has 2 N–H and O–H groups in total. The fraction of sp³-hybridized carbons (Fsp3) is 0.526. The van der Waals surface area contributed by atoms with E-state index in [1.54, 1.807) is 23.1 Å². The molecule has 2 rings (SSSR count). The molecule has 7 nitrogen and oxygen atoms in total. The van der Waals surface area contributed by atoms with Crippen LogP contribution in [-0.4, -0.2) is 67.8 Å². The lowest BCUT2D eigenvalue weighted by molar-refractivity contribution is -0.128. The Hall–Kier alpha value is -2.41. The van der Waals surface area contributed by atoms with Crippen molar-refractivity contribution in [3.8, 4) is 0 Å². The fourth-order valence-corrected chi connectivity index (χ4v) is 2.99. The average molecular weight is 360 g/mol. The monoisotopic (exact) mass is 360 g/mol. The highest BCUT2D eigenvalue weighted by Crippen LogP contribution is 2.23. The molecule has 1 aliphatic heterocycles. The van der Waals surface area contributed by atoms with E-state index in [1.807, 2.05) is 32.8 Å². The SMILES string of the molecule is CCNC(=O)c1cccc(NC(=O)C2CC(=O)N(CCN(C)C)C2)c1C. The number of nitrogens with zero attached hydrogens (tertiary/aromatic N) is 2. The fourth-order valence-electron chi connectivity index (χ4n) is 2.99. The minimum absolute atomic E-state index is 0.0137. The van der Waals surface area contributed by atoms with Gasteiger partial charge in [-0.3, -0.25) is 14.4 Å². The van der Waals surface area contributed by atoms with Crippen molar-refractivity contribution >= 4 is 23.4 Å². The second-order valence-electron chi connectivity index (χ2n) is 6.87. The summed E-state index contributed by atoms with van der Waals surface area (Å²) in [5, 5.41) is 5.65. The van der Waals surface area contributed by atoms with Crippen LogP contribution >= 0.6 is 0 Å². The van der Waals surface area contributed by atoms with Gasteiger partial charge >= 0.3 is 0 Å². The van der Waals surface area contributed by atoms with Gasteiger partial charge in [-0.2, -0.15) is 0 Å². The molecule has 0 aliphatic carbocycles. The molecule has 0 saturated carbocycles. The molecule has 1 heterocycles. The Balaban J connectivity index is 2.03. The Labute approximate surface area is 154 Å². The number of likely N-dealkylation sites (tertiary alicyclic amines) is 1. The summed E-state index contributed by atoms with van der Waals surface area (Å²) in [4.78, 5) is 40.6. The van der Waals surface area contributed by atoms with Crippen LogP contribution in [0.25, 0.3) is 0 Å². The first-order valence-corrected chi connectivity index (χ1v) is 8.94.